The first-order valence-electron chi connectivity index (χ1n) is 7.71. The van der Waals surface area contributed by atoms with Gasteiger partial charge in [0, 0.05) is 5.69 Å². The maximum atomic E-state index is 12.5. The number of hydrogen-bond donors (Lipinski definition) is 2. The van der Waals surface area contributed by atoms with Gasteiger partial charge in [-0.2, -0.15) is 5.26 Å². The predicted molar refractivity (Wildman–Crippen MR) is 97.4 cm³/mol. The number of ether oxygens (including phenoxy) is 1. The Kier molecular flexibility index (Phi) is 5.97. The van der Waals surface area contributed by atoms with E-state index in [4.69, 9.17) is 10.00 Å². The number of methoxy groups -OCH3 is 1. The van der Waals surface area contributed by atoms with Gasteiger partial charge in [-0.05, 0) is 61.4 Å². The second-order valence-electron chi connectivity index (χ2n) is 5.65. The lowest BCUT2D eigenvalue weighted by Gasteiger charge is -2.13. The summed E-state index contributed by atoms with van der Waals surface area (Å²) in [4.78, 5) is 12.1. The Morgan fingerprint density at radius 2 is 1.81 bits per heavy atom. The van der Waals surface area contributed by atoms with Gasteiger partial charge in [0.05, 0.1) is 30.2 Å². The van der Waals surface area contributed by atoms with E-state index in [2.05, 4.69) is 10.0 Å². The molecule has 0 aromatic heterocycles. The van der Waals surface area contributed by atoms with E-state index >= 15 is 0 Å². The van der Waals surface area contributed by atoms with Crippen LogP contribution in [-0.2, 0) is 14.8 Å². The van der Waals surface area contributed by atoms with Gasteiger partial charge in [0.1, 0.15) is 5.75 Å². The number of nitriles is 1. The Labute approximate surface area is 152 Å². The summed E-state index contributed by atoms with van der Waals surface area (Å²) in [5, 5.41) is 11.3. The monoisotopic (exact) mass is 373 g/mol. The van der Waals surface area contributed by atoms with Gasteiger partial charge in [0.25, 0.3) is 0 Å². The van der Waals surface area contributed by atoms with Crippen LogP contribution in [-0.4, -0.2) is 28.0 Å². The van der Waals surface area contributed by atoms with Crippen molar-refractivity contribution in [3.8, 4) is 11.8 Å². The van der Waals surface area contributed by atoms with Crippen molar-refractivity contribution >= 4 is 21.6 Å². The molecule has 0 unspecified atom stereocenters. The summed E-state index contributed by atoms with van der Waals surface area (Å²) in [6.07, 6.45) is 0. The van der Waals surface area contributed by atoms with Crippen molar-refractivity contribution < 1.29 is 17.9 Å². The maximum absolute atomic E-state index is 12.5. The van der Waals surface area contributed by atoms with Crippen LogP contribution < -0.4 is 14.8 Å². The number of hydrogen-bond acceptors (Lipinski definition) is 5. The van der Waals surface area contributed by atoms with Crippen LogP contribution in [0.4, 0.5) is 5.69 Å². The molecular weight excluding hydrogens is 354 g/mol. The molecule has 0 saturated heterocycles. The molecule has 1 amide bonds. The van der Waals surface area contributed by atoms with E-state index in [0.29, 0.717) is 28.1 Å². The third-order valence-corrected chi connectivity index (χ3v) is 5.25. The summed E-state index contributed by atoms with van der Waals surface area (Å²) in [6, 6.07) is 11.4. The molecule has 0 radical (unpaired) electrons. The van der Waals surface area contributed by atoms with Crippen LogP contribution in [0.3, 0.4) is 0 Å². The van der Waals surface area contributed by atoms with Crippen LogP contribution in [0.1, 0.15) is 16.7 Å². The van der Waals surface area contributed by atoms with Gasteiger partial charge in [-0.1, -0.05) is 0 Å². The summed E-state index contributed by atoms with van der Waals surface area (Å²) in [7, 11) is -2.33. The minimum atomic E-state index is -3.85. The molecule has 0 aliphatic carbocycles. The average molecular weight is 373 g/mol. The lowest BCUT2D eigenvalue weighted by Crippen LogP contribution is -2.33. The number of benzene rings is 2. The SMILES string of the molecule is COc1cc(C)c(S(=O)(=O)NCC(=O)Nc2ccc(C#N)cc2)cc1C. The van der Waals surface area contributed by atoms with Crippen LogP contribution in [0.15, 0.2) is 41.3 Å². The fourth-order valence-electron chi connectivity index (χ4n) is 2.34. The molecule has 2 N–H and O–H groups in total. The van der Waals surface area contributed by atoms with Crippen molar-refractivity contribution in [2.75, 3.05) is 19.0 Å². The van der Waals surface area contributed by atoms with Crippen LogP contribution >= 0.6 is 0 Å². The van der Waals surface area contributed by atoms with Crippen LogP contribution in [0.25, 0.3) is 0 Å². The number of carbonyl (C=O) groups is 1. The molecule has 0 bridgehead atoms. The molecule has 0 spiro atoms. The zero-order valence-electron chi connectivity index (χ0n) is 14.7. The third-order valence-electron chi connectivity index (χ3n) is 3.70. The van der Waals surface area contributed by atoms with Gasteiger partial charge >= 0.3 is 0 Å². The quantitative estimate of drug-likeness (QED) is 0.806. The van der Waals surface area contributed by atoms with Gasteiger partial charge in [-0.25, -0.2) is 13.1 Å². The van der Waals surface area contributed by atoms with E-state index in [-0.39, 0.29) is 4.90 Å². The first kappa shape index (κ1) is 19.4. The van der Waals surface area contributed by atoms with Gasteiger partial charge in [0.2, 0.25) is 15.9 Å². The second-order valence-corrected chi connectivity index (χ2v) is 7.38. The first-order valence-corrected chi connectivity index (χ1v) is 9.20. The topological polar surface area (TPSA) is 108 Å². The number of anilines is 1. The summed E-state index contributed by atoms with van der Waals surface area (Å²) in [5.41, 5.74) is 2.15. The Hall–Kier alpha value is -2.89. The van der Waals surface area contributed by atoms with E-state index in [1.807, 2.05) is 6.07 Å². The molecule has 2 aromatic carbocycles. The number of carbonyl (C=O) groups excluding carboxylic acids is 1. The molecule has 136 valence electrons. The molecule has 7 nitrogen and oxygen atoms in total. The number of sulfonamides is 1. The number of amides is 1. The van der Waals surface area contributed by atoms with Crippen molar-refractivity contribution in [1.82, 2.24) is 4.72 Å². The lowest BCUT2D eigenvalue weighted by molar-refractivity contribution is -0.115. The van der Waals surface area contributed by atoms with Crippen LogP contribution in [0.5, 0.6) is 5.75 Å². The van der Waals surface area contributed by atoms with Gasteiger partial charge < -0.3 is 10.1 Å². The van der Waals surface area contributed by atoms with Crippen LogP contribution in [0.2, 0.25) is 0 Å². The van der Waals surface area contributed by atoms with Gasteiger partial charge in [-0.3, -0.25) is 4.79 Å². The summed E-state index contributed by atoms with van der Waals surface area (Å²) < 4.78 is 32.4. The number of nitrogens with one attached hydrogen (secondary N) is 2. The van der Waals surface area contributed by atoms with Crippen molar-refractivity contribution in [3.05, 3.63) is 53.1 Å². The van der Waals surface area contributed by atoms with E-state index in [0.717, 1.165) is 0 Å². The molecule has 0 fully saturated rings. The highest BCUT2D eigenvalue weighted by Gasteiger charge is 2.19. The second kappa shape index (κ2) is 7.99. The maximum Gasteiger partial charge on any atom is 0.241 e. The molecule has 2 aromatic rings. The lowest BCUT2D eigenvalue weighted by atomic mass is 10.1. The number of rotatable bonds is 6. The summed E-state index contributed by atoms with van der Waals surface area (Å²) in [5.74, 6) is 0.0844. The van der Waals surface area contributed by atoms with Crippen molar-refractivity contribution in [1.29, 1.82) is 5.26 Å². The van der Waals surface area contributed by atoms with E-state index < -0.39 is 22.5 Å². The zero-order valence-corrected chi connectivity index (χ0v) is 15.5. The normalized spacial score (nSPS) is 10.8. The van der Waals surface area contributed by atoms with E-state index in [9.17, 15) is 13.2 Å². The molecule has 8 heteroatoms. The molecule has 0 atom stereocenters. The summed E-state index contributed by atoms with van der Waals surface area (Å²) >= 11 is 0. The minimum Gasteiger partial charge on any atom is -0.496 e. The Morgan fingerprint density at radius 3 is 2.38 bits per heavy atom. The smallest absolute Gasteiger partial charge is 0.241 e. The molecule has 26 heavy (non-hydrogen) atoms. The first-order chi connectivity index (χ1) is 12.3. The Balaban J connectivity index is 2.06. The predicted octanol–water partition coefficient (Wildman–Crippen LogP) is 2.10. The zero-order chi connectivity index (χ0) is 19.3. The molecule has 2 rings (SSSR count). The van der Waals surface area contributed by atoms with Crippen molar-refractivity contribution in [3.63, 3.8) is 0 Å². The molecule has 0 saturated carbocycles. The van der Waals surface area contributed by atoms with Gasteiger partial charge in [0.15, 0.2) is 0 Å². The van der Waals surface area contributed by atoms with Crippen LogP contribution in [0, 0.1) is 25.2 Å². The highest BCUT2D eigenvalue weighted by molar-refractivity contribution is 7.89. The van der Waals surface area contributed by atoms with Crippen molar-refractivity contribution in [2.45, 2.75) is 18.7 Å². The Morgan fingerprint density at radius 1 is 1.15 bits per heavy atom. The highest BCUT2D eigenvalue weighted by atomic mass is 32.2. The molecular formula is C18H19N3O4S. The van der Waals surface area contributed by atoms with E-state index in [1.54, 1.807) is 44.2 Å². The highest BCUT2D eigenvalue weighted by Crippen LogP contribution is 2.25. The van der Waals surface area contributed by atoms with Crippen molar-refractivity contribution in [2.24, 2.45) is 0 Å². The minimum absolute atomic E-state index is 0.0990. The van der Waals surface area contributed by atoms with Gasteiger partial charge in [-0.15, -0.1) is 0 Å². The molecule has 0 aliphatic rings. The fraction of sp³-hybridized carbons (Fsp3) is 0.222. The molecule has 0 aliphatic heterocycles. The fourth-order valence-corrected chi connectivity index (χ4v) is 3.64. The molecule has 0 heterocycles. The number of aryl methyl sites for hydroxylation is 2. The Bertz CT molecular complexity index is 961. The summed E-state index contributed by atoms with van der Waals surface area (Å²) in [6.45, 7) is 3.00. The average Bonchev–Trinajstić information content (AvgIpc) is 2.62. The number of nitrogens with zero attached hydrogens (tertiary/aromatic N) is 1. The standard InChI is InChI=1S/C18H19N3O4S/c1-12-9-17(13(2)8-16(12)25-3)26(23,24)20-11-18(22)21-15-6-4-14(10-19)5-7-15/h4-9,20H,11H2,1-3H3,(H,21,22). The third kappa shape index (κ3) is 4.59. The van der Waals surface area contributed by atoms with E-state index in [1.165, 1.54) is 13.2 Å². The largest absolute Gasteiger partial charge is 0.496 e.